The Hall–Kier alpha value is -2.85. The third kappa shape index (κ3) is 3.04. The Morgan fingerprint density at radius 1 is 0.962 bits per heavy atom. The van der Waals surface area contributed by atoms with E-state index < -0.39 is 0 Å². The Morgan fingerprint density at radius 3 is 2.31 bits per heavy atom. The van der Waals surface area contributed by atoms with Crippen molar-refractivity contribution in [3.63, 3.8) is 0 Å². The van der Waals surface area contributed by atoms with Crippen molar-refractivity contribution in [2.75, 3.05) is 7.11 Å². The van der Waals surface area contributed by atoms with E-state index in [4.69, 9.17) is 20.8 Å². The lowest BCUT2D eigenvalue weighted by Crippen LogP contribution is -1.89. The number of benzene rings is 2. The van der Waals surface area contributed by atoms with Crippen LogP contribution in [0.4, 0.5) is 0 Å². The minimum absolute atomic E-state index is 0.344. The predicted molar refractivity (Wildman–Crippen MR) is 104 cm³/mol. The van der Waals surface area contributed by atoms with E-state index in [1.54, 1.807) is 7.11 Å². The first kappa shape index (κ1) is 16.6. The number of furan rings is 1. The van der Waals surface area contributed by atoms with Crippen molar-refractivity contribution in [3.8, 4) is 28.3 Å². The predicted octanol–water partition coefficient (Wildman–Crippen LogP) is 5.78. The summed E-state index contributed by atoms with van der Waals surface area (Å²) in [6, 6.07) is 17.7. The van der Waals surface area contributed by atoms with Crippen LogP contribution >= 0.6 is 11.6 Å². The average molecular weight is 365 g/mol. The third-order valence-electron chi connectivity index (χ3n) is 4.33. The Kier molecular flexibility index (Phi) is 4.35. The van der Waals surface area contributed by atoms with Crippen molar-refractivity contribution in [3.05, 3.63) is 65.3 Å². The molecule has 0 saturated carbocycles. The molecule has 0 unspecified atom stereocenters. The number of rotatable bonds is 4. The van der Waals surface area contributed by atoms with E-state index in [1.807, 2.05) is 42.5 Å². The van der Waals surface area contributed by atoms with Gasteiger partial charge in [0.25, 0.3) is 0 Å². The molecule has 0 aliphatic rings. The highest BCUT2D eigenvalue weighted by Crippen LogP contribution is 2.32. The largest absolute Gasteiger partial charge is 0.497 e. The van der Waals surface area contributed by atoms with Gasteiger partial charge < -0.3 is 9.15 Å². The molecule has 0 fully saturated rings. The Bertz CT molecular complexity index is 1050. The van der Waals surface area contributed by atoms with Crippen LogP contribution < -0.4 is 4.74 Å². The van der Waals surface area contributed by atoms with Crippen molar-refractivity contribution in [2.24, 2.45) is 0 Å². The zero-order chi connectivity index (χ0) is 18.1. The zero-order valence-electron chi connectivity index (χ0n) is 14.5. The van der Waals surface area contributed by atoms with Gasteiger partial charge in [0, 0.05) is 17.2 Å². The molecule has 4 nitrogen and oxygen atoms in total. The molecule has 0 N–H and O–H groups in total. The molecule has 0 amide bonds. The van der Waals surface area contributed by atoms with Gasteiger partial charge in [-0.3, -0.25) is 0 Å². The zero-order valence-corrected chi connectivity index (χ0v) is 15.2. The number of hydrogen-bond donors (Lipinski definition) is 0. The fourth-order valence-corrected chi connectivity index (χ4v) is 3.06. The second kappa shape index (κ2) is 6.81. The van der Waals surface area contributed by atoms with Crippen LogP contribution in [0.3, 0.4) is 0 Å². The maximum atomic E-state index is 6.36. The lowest BCUT2D eigenvalue weighted by molar-refractivity contribution is 0.415. The van der Waals surface area contributed by atoms with Crippen LogP contribution in [-0.4, -0.2) is 17.1 Å². The summed E-state index contributed by atoms with van der Waals surface area (Å²) in [4.78, 5) is 9.03. The molecule has 0 bridgehead atoms. The van der Waals surface area contributed by atoms with E-state index in [-0.39, 0.29) is 0 Å². The van der Waals surface area contributed by atoms with Crippen LogP contribution in [0.15, 0.2) is 59.0 Å². The van der Waals surface area contributed by atoms with E-state index in [9.17, 15) is 0 Å². The molecular weight excluding hydrogens is 348 g/mol. The van der Waals surface area contributed by atoms with Crippen LogP contribution in [0.5, 0.6) is 5.75 Å². The summed E-state index contributed by atoms with van der Waals surface area (Å²) in [6.07, 6.45) is 1.00. The lowest BCUT2D eigenvalue weighted by atomic mass is 10.1. The van der Waals surface area contributed by atoms with E-state index in [2.05, 4.69) is 29.0 Å². The fraction of sp³-hybridized carbons (Fsp3) is 0.143. The Balaban J connectivity index is 1.76. The summed E-state index contributed by atoms with van der Waals surface area (Å²) in [5, 5.41) is 0.344. The highest BCUT2D eigenvalue weighted by atomic mass is 35.5. The summed E-state index contributed by atoms with van der Waals surface area (Å²) in [7, 11) is 1.63. The van der Waals surface area contributed by atoms with E-state index in [0.717, 1.165) is 29.1 Å². The molecule has 130 valence electrons. The summed E-state index contributed by atoms with van der Waals surface area (Å²) >= 11 is 6.36. The summed E-state index contributed by atoms with van der Waals surface area (Å²) in [5.74, 6) is 1.50. The molecule has 0 radical (unpaired) electrons. The normalized spacial score (nSPS) is 11.0. The van der Waals surface area contributed by atoms with Gasteiger partial charge >= 0.3 is 0 Å². The Morgan fingerprint density at radius 2 is 1.65 bits per heavy atom. The quantitative estimate of drug-likeness (QED) is 0.460. The van der Waals surface area contributed by atoms with Crippen molar-refractivity contribution in [1.29, 1.82) is 0 Å². The third-order valence-corrected chi connectivity index (χ3v) is 4.59. The molecule has 5 heteroatoms. The van der Waals surface area contributed by atoms with Crippen LogP contribution in [0, 0.1) is 0 Å². The molecule has 0 saturated heterocycles. The minimum atomic E-state index is 0.344. The van der Waals surface area contributed by atoms with Crippen molar-refractivity contribution < 1.29 is 9.15 Å². The monoisotopic (exact) mass is 364 g/mol. The van der Waals surface area contributed by atoms with Gasteiger partial charge in [0.1, 0.15) is 22.7 Å². The van der Waals surface area contributed by atoms with Crippen molar-refractivity contribution in [1.82, 2.24) is 9.97 Å². The first-order valence-electron chi connectivity index (χ1n) is 8.38. The van der Waals surface area contributed by atoms with Crippen LogP contribution in [-0.2, 0) is 6.42 Å². The standard InChI is InChI=1S/C21H17ClN2O2/c1-3-13-4-6-14(7-5-13)18-12-17-21(26-18)24-19(20(22)23-17)15-8-10-16(25-2)11-9-15/h4-12H,3H2,1-2H3. The van der Waals surface area contributed by atoms with Gasteiger partial charge in [-0.15, -0.1) is 0 Å². The molecule has 2 heterocycles. The second-order valence-corrected chi connectivity index (χ2v) is 6.30. The molecule has 0 atom stereocenters. The minimum Gasteiger partial charge on any atom is -0.497 e. The summed E-state index contributed by atoms with van der Waals surface area (Å²) in [5.41, 5.74) is 4.83. The molecule has 26 heavy (non-hydrogen) atoms. The van der Waals surface area contributed by atoms with Gasteiger partial charge in [-0.05, 0) is 36.2 Å². The van der Waals surface area contributed by atoms with Gasteiger partial charge in [0.05, 0.1) is 7.11 Å². The van der Waals surface area contributed by atoms with E-state index in [0.29, 0.717) is 22.1 Å². The molecule has 0 aliphatic heterocycles. The second-order valence-electron chi connectivity index (χ2n) is 5.94. The number of methoxy groups -OCH3 is 1. The lowest BCUT2D eigenvalue weighted by Gasteiger charge is -2.04. The van der Waals surface area contributed by atoms with Gasteiger partial charge in [-0.2, -0.15) is 0 Å². The number of aryl methyl sites for hydroxylation is 1. The van der Waals surface area contributed by atoms with Gasteiger partial charge in [-0.25, -0.2) is 9.97 Å². The number of ether oxygens (including phenoxy) is 1. The smallest absolute Gasteiger partial charge is 0.246 e. The maximum Gasteiger partial charge on any atom is 0.246 e. The molecule has 2 aromatic heterocycles. The maximum absolute atomic E-state index is 6.36. The highest BCUT2D eigenvalue weighted by molar-refractivity contribution is 6.32. The molecule has 4 aromatic rings. The van der Waals surface area contributed by atoms with Crippen molar-refractivity contribution >= 4 is 22.8 Å². The molecule has 0 aliphatic carbocycles. The van der Waals surface area contributed by atoms with Crippen LogP contribution in [0.1, 0.15) is 12.5 Å². The molecular formula is C21H17ClN2O2. The molecule has 2 aromatic carbocycles. The fourth-order valence-electron chi connectivity index (χ4n) is 2.82. The average Bonchev–Trinajstić information content (AvgIpc) is 3.10. The first-order chi connectivity index (χ1) is 12.7. The first-order valence-corrected chi connectivity index (χ1v) is 8.76. The number of hydrogen-bond acceptors (Lipinski definition) is 4. The van der Waals surface area contributed by atoms with E-state index >= 15 is 0 Å². The SMILES string of the molecule is CCc1ccc(-c2cc3nc(Cl)c(-c4ccc(OC)cc4)nc3o2)cc1. The number of fused-ring (bicyclic) bond motifs is 1. The molecule has 4 rings (SSSR count). The van der Waals surface area contributed by atoms with Gasteiger partial charge in [0.15, 0.2) is 5.15 Å². The summed E-state index contributed by atoms with van der Waals surface area (Å²) in [6.45, 7) is 2.13. The van der Waals surface area contributed by atoms with Crippen molar-refractivity contribution in [2.45, 2.75) is 13.3 Å². The van der Waals surface area contributed by atoms with Gasteiger partial charge in [-0.1, -0.05) is 42.8 Å². The number of halogens is 1. The van der Waals surface area contributed by atoms with E-state index in [1.165, 1.54) is 5.56 Å². The Labute approximate surface area is 156 Å². The highest BCUT2D eigenvalue weighted by Gasteiger charge is 2.14. The van der Waals surface area contributed by atoms with Gasteiger partial charge in [0.2, 0.25) is 5.71 Å². The topological polar surface area (TPSA) is 48.2 Å². The van der Waals surface area contributed by atoms with Crippen LogP contribution in [0.25, 0.3) is 33.8 Å². The summed E-state index contributed by atoms with van der Waals surface area (Å²) < 4.78 is 11.1. The molecule has 0 spiro atoms. The number of aromatic nitrogens is 2. The van der Waals surface area contributed by atoms with Crippen LogP contribution in [0.2, 0.25) is 5.15 Å². The number of nitrogens with zero attached hydrogens (tertiary/aromatic N) is 2.